The Bertz CT molecular complexity index is 1060. The van der Waals surface area contributed by atoms with Crippen molar-refractivity contribution < 1.29 is 16.8 Å². The standard InChI is InChI=1S/C22H30N2O4S2/c1-17(2)15-19-6-10-21(11-7-19)29(25,26)23-20-8-12-22(13-9-20)30(27,28)24-14-4-5-18(3)16-24/h6-13,17-18,23H,4-5,14-16H2,1-3H3/t18-/m0/s1. The van der Waals surface area contributed by atoms with Gasteiger partial charge < -0.3 is 0 Å². The molecule has 0 bridgehead atoms. The molecule has 0 unspecified atom stereocenters. The fourth-order valence-corrected chi connectivity index (χ4v) is 6.36. The van der Waals surface area contributed by atoms with Crippen LogP contribution in [0.4, 0.5) is 5.69 Å². The first-order valence-electron chi connectivity index (χ1n) is 10.3. The molecule has 1 atom stereocenters. The van der Waals surface area contributed by atoms with E-state index in [1.807, 2.05) is 12.1 Å². The average molecular weight is 451 g/mol. The number of anilines is 1. The smallest absolute Gasteiger partial charge is 0.261 e. The van der Waals surface area contributed by atoms with Crippen LogP contribution in [0.2, 0.25) is 0 Å². The third-order valence-corrected chi connectivity index (χ3v) is 8.52. The van der Waals surface area contributed by atoms with Crippen LogP contribution < -0.4 is 4.72 Å². The monoisotopic (exact) mass is 450 g/mol. The predicted molar refractivity (Wildman–Crippen MR) is 119 cm³/mol. The molecule has 1 heterocycles. The molecule has 30 heavy (non-hydrogen) atoms. The lowest BCUT2D eigenvalue weighted by Gasteiger charge is -2.30. The molecule has 1 fully saturated rings. The molecule has 0 spiro atoms. The summed E-state index contributed by atoms with van der Waals surface area (Å²) in [5, 5.41) is 0. The molecule has 2 aromatic rings. The highest BCUT2D eigenvalue weighted by Crippen LogP contribution is 2.25. The van der Waals surface area contributed by atoms with Crippen molar-refractivity contribution in [1.29, 1.82) is 0 Å². The average Bonchev–Trinajstić information content (AvgIpc) is 2.68. The number of sulfonamides is 2. The quantitative estimate of drug-likeness (QED) is 0.688. The summed E-state index contributed by atoms with van der Waals surface area (Å²) in [4.78, 5) is 0.353. The van der Waals surface area contributed by atoms with Gasteiger partial charge in [-0.2, -0.15) is 4.31 Å². The van der Waals surface area contributed by atoms with Crippen molar-refractivity contribution in [2.75, 3.05) is 17.8 Å². The van der Waals surface area contributed by atoms with E-state index in [4.69, 9.17) is 0 Å². The van der Waals surface area contributed by atoms with Crippen molar-refractivity contribution >= 4 is 25.7 Å². The Morgan fingerprint density at radius 1 is 0.967 bits per heavy atom. The van der Waals surface area contributed by atoms with Gasteiger partial charge in [0.1, 0.15) is 0 Å². The van der Waals surface area contributed by atoms with E-state index in [0.29, 0.717) is 30.6 Å². The van der Waals surface area contributed by atoms with E-state index in [2.05, 4.69) is 25.5 Å². The number of nitrogens with zero attached hydrogens (tertiary/aromatic N) is 1. The Balaban J connectivity index is 1.73. The van der Waals surface area contributed by atoms with Crippen LogP contribution in [0.3, 0.4) is 0 Å². The Morgan fingerprint density at radius 2 is 1.57 bits per heavy atom. The molecule has 0 amide bonds. The van der Waals surface area contributed by atoms with E-state index < -0.39 is 20.0 Å². The Hall–Kier alpha value is -1.90. The summed E-state index contributed by atoms with van der Waals surface area (Å²) in [6.07, 6.45) is 2.78. The second kappa shape index (κ2) is 9.08. The minimum absolute atomic E-state index is 0.175. The number of hydrogen-bond donors (Lipinski definition) is 1. The molecule has 1 saturated heterocycles. The molecule has 0 aromatic heterocycles. The van der Waals surface area contributed by atoms with Crippen molar-refractivity contribution in [2.45, 2.75) is 49.8 Å². The molecule has 8 heteroatoms. The third kappa shape index (κ3) is 5.42. The predicted octanol–water partition coefficient (Wildman–Crippen LogP) is 4.11. The largest absolute Gasteiger partial charge is 0.280 e. The van der Waals surface area contributed by atoms with Crippen LogP contribution in [0.15, 0.2) is 58.3 Å². The van der Waals surface area contributed by atoms with Gasteiger partial charge >= 0.3 is 0 Å². The van der Waals surface area contributed by atoms with Gasteiger partial charge in [-0.3, -0.25) is 4.72 Å². The highest BCUT2D eigenvalue weighted by molar-refractivity contribution is 7.92. The highest BCUT2D eigenvalue weighted by atomic mass is 32.2. The van der Waals surface area contributed by atoms with Gasteiger partial charge in [0.25, 0.3) is 10.0 Å². The second-order valence-electron chi connectivity index (χ2n) is 8.48. The van der Waals surface area contributed by atoms with Crippen LogP contribution in [0.5, 0.6) is 0 Å². The molecule has 0 radical (unpaired) electrons. The van der Waals surface area contributed by atoms with Crippen LogP contribution in [0.1, 0.15) is 39.2 Å². The topological polar surface area (TPSA) is 83.5 Å². The third-order valence-electron chi connectivity index (χ3n) is 5.24. The molecule has 1 aliphatic heterocycles. The maximum absolute atomic E-state index is 12.8. The number of rotatable bonds is 7. The lowest BCUT2D eigenvalue weighted by molar-refractivity contribution is 0.281. The molecule has 2 aromatic carbocycles. The van der Waals surface area contributed by atoms with Crippen LogP contribution in [0.25, 0.3) is 0 Å². The highest BCUT2D eigenvalue weighted by Gasteiger charge is 2.28. The van der Waals surface area contributed by atoms with Crippen molar-refractivity contribution in [3.05, 3.63) is 54.1 Å². The molecule has 0 aliphatic carbocycles. The van der Waals surface area contributed by atoms with Gasteiger partial charge in [0.15, 0.2) is 0 Å². The van der Waals surface area contributed by atoms with Crippen LogP contribution >= 0.6 is 0 Å². The van der Waals surface area contributed by atoms with Crippen molar-refractivity contribution in [3.8, 4) is 0 Å². The van der Waals surface area contributed by atoms with Gasteiger partial charge in [-0.05, 0) is 73.1 Å². The summed E-state index contributed by atoms with van der Waals surface area (Å²) in [6.45, 7) is 7.32. The van der Waals surface area contributed by atoms with E-state index >= 15 is 0 Å². The minimum Gasteiger partial charge on any atom is -0.280 e. The van der Waals surface area contributed by atoms with Crippen LogP contribution in [-0.4, -0.2) is 34.2 Å². The Morgan fingerprint density at radius 3 is 2.13 bits per heavy atom. The SMILES string of the molecule is CC(C)Cc1ccc(S(=O)(=O)Nc2ccc(S(=O)(=O)N3CCC[C@H](C)C3)cc2)cc1. The van der Waals surface area contributed by atoms with E-state index in [-0.39, 0.29) is 9.79 Å². The summed E-state index contributed by atoms with van der Waals surface area (Å²) in [5.41, 5.74) is 1.41. The number of hydrogen-bond acceptors (Lipinski definition) is 4. The van der Waals surface area contributed by atoms with Gasteiger partial charge in [0, 0.05) is 18.8 Å². The van der Waals surface area contributed by atoms with Crippen molar-refractivity contribution in [1.82, 2.24) is 4.31 Å². The van der Waals surface area contributed by atoms with E-state index in [1.165, 1.54) is 28.6 Å². The van der Waals surface area contributed by atoms with Gasteiger partial charge in [0.05, 0.1) is 9.79 Å². The van der Waals surface area contributed by atoms with E-state index in [9.17, 15) is 16.8 Å². The van der Waals surface area contributed by atoms with Crippen molar-refractivity contribution in [3.63, 3.8) is 0 Å². The molecule has 0 saturated carbocycles. The molecule has 6 nitrogen and oxygen atoms in total. The molecule has 164 valence electrons. The Labute approximate surface area is 180 Å². The number of benzene rings is 2. The van der Waals surface area contributed by atoms with Gasteiger partial charge in [-0.25, -0.2) is 16.8 Å². The van der Waals surface area contributed by atoms with E-state index in [1.54, 1.807) is 12.1 Å². The maximum Gasteiger partial charge on any atom is 0.261 e. The first-order valence-corrected chi connectivity index (χ1v) is 13.2. The van der Waals surface area contributed by atoms with Crippen LogP contribution in [0, 0.1) is 11.8 Å². The van der Waals surface area contributed by atoms with E-state index in [0.717, 1.165) is 24.8 Å². The van der Waals surface area contributed by atoms with Gasteiger partial charge in [0.2, 0.25) is 10.0 Å². The molecule has 1 N–H and O–H groups in total. The number of piperidine rings is 1. The van der Waals surface area contributed by atoms with Crippen molar-refractivity contribution in [2.24, 2.45) is 11.8 Å². The lowest BCUT2D eigenvalue weighted by Crippen LogP contribution is -2.39. The Kier molecular flexibility index (Phi) is 6.89. The summed E-state index contributed by atoms with van der Waals surface area (Å²) in [7, 11) is -7.31. The van der Waals surface area contributed by atoms with Gasteiger partial charge in [-0.15, -0.1) is 0 Å². The van der Waals surface area contributed by atoms with Crippen LogP contribution in [-0.2, 0) is 26.5 Å². The summed E-state index contributed by atoms with van der Waals surface area (Å²) in [6, 6.07) is 12.7. The summed E-state index contributed by atoms with van der Waals surface area (Å²) >= 11 is 0. The first-order chi connectivity index (χ1) is 14.1. The second-order valence-corrected chi connectivity index (χ2v) is 12.1. The normalized spacial score (nSPS) is 18.5. The molecular weight excluding hydrogens is 420 g/mol. The minimum atomic E-state index is -3.74. The summed E-state index contributed by atoms with van der Waals surface area (Å²) < 4.78 is 55.1. The maximum atomic E-state index is 12.8. The zero-order valence-electron chi connectivity index (χ0n) is 17.7. The number of nitrogens with one attached hydrogen (secondary N) is 1. The van der Waals surface area contributed by atoms with Gasteiger partial charge in [-0.1, -0.05) is 32.9 Å². The molecule has 3 rings (SSSR count). The molecular formula is C22H30N2O4S2. The first kappa shape index (κ1) is 22.8. The summed E-state index contributed by atoms with van der Waals surface area (Å²) in [5.74, 6) is 0.833. The lowest BCUT2D eigenvalue weighted by atomic mass is 10.0. The zero-order chi connectivity index (χ0) is 21.9. The fraction of sp³-hybridized carbons (Fsp3) is 0.455. The fourth-order valence-electron chi connectivity index (χ4n) is 3.70. The molecule has 1 aliphatic rings. The zero-order valence-corrected chi connectivity index (χ0v) is 19.3.